The Hall–Kier alpha value is -0.860. The first-order chi connectivity index (χ1) is 9.81. The van der Waals surface area contributed by atoms with E-state index >= 15 is 0 Å². The van der Waals surface area contributed by atoms with Gasteiger partial charge in [-0.05, 0) is 37.4 Å². The number of benzene rings is 1. The lowest BCUT2D eigenvalue weighted by molar-refractivity contribution is -0.0201. The molecule has 1 aliphatic carbocycles. The third-order valence-electron chi connectivity index (χ3n) is 4.27. The molecule has 1 aromatic carbocycles. The molecule has 1 fully saturated rings. The molecule has 1 N–H and O–H groups in total. The molecule has 20 heavy (non-hydrogen) atoms. The highest BCUT2D eigenvalue weighted by Crippen LogP contribution is 2.27. The molecule has 1 aliphatic rings. The quantitative estimate of drug-likeness (QED) is 0.778. The Morgan fingerprint density at radius 2 is 1.85 bits per heavy atom. The second-order valence-electron chi connectivity index (χ2n) is 5.90. The molecule has 1 atom stereocenters. The summed E-state index contributed by atoms with van der Waals surface area (Å²) in [6.07, 6.45) is 8.51. The van der Waals surface area contributed by atoms with Gasteiger partial charge in [-0.15, -0.1) is 0 Å². The maximum absolute atomic E-state index is 6.48. The fraction of sp³-hybridized carbons (Fsp3) is 0.667. The van der Waals surface area contributed by atoms with E-state index in [1.807, 2.05) is 0 Å². The second-order valence-corrected chi connectivity index (χ2v) is 5.90. The van der Waals surface area contributed by atoms with E-state index in [2.05, 4.69) is 43.4 Å². The van der Waals surface area contributed by atoms with Gasteiger partial charge in [0.25, 0.3) is 0 Å². The van der Waals surface area contributed by atoms with Gasteiger partial charge in [0.05, 0.1) is 12.2 Å². The van der Waals surface area contributed by atoms with Crippen LogP contribution in [-0.2, 0) is 4.74 Å². The first kappa shape index (κ1) is 15.5. The maximum atomic E-state index is 6.48. The van der Waals surface area contributed by atoms with Gasteiger partial charge < -0.3 is 10.1 Å². The van der Waals surface area contributed by atoms with Gasteiger partial charge >= 0.3 is 0 Å². The van der Waals surface area contributed by atoms with Crippen molar-refractivity contribution < 1.29 is 4.74 Å². The fourth-order valence-electron chi connectivity index (χ4n) is 3.07. The zero-order valence-electron chi connectivity index (χ0n) is 13.0. The average Bonchev–Trinajstić information content (AvgIpc) is 2.73. The molecule has 2 nitrogen and oxygen atoms in total. The average molecular weight is 275 g/mol. The Kier molecular flexibility index (Phi) is 6.55. The molecular formula is C18H29NO. The molecule has 0 aliphatic heterocycles. The monoisotopic (exact) mass is 275 g/mol. The molecule has 0 saturated heterocycles. The molecule has 2 rings (SSSR count). The first-order valence-corrected chi connectivity index (χ1v) is 8.23. The molecule has 1 saturated carbocycles. The van der Waals surface area contributed by atoms with Gasteiger partial charge in [0.1, 0.15) is 0 Å². The Balaban J connectivity index is 2.04. The van der Waals surface area contributed by atoms with E-state index in [9.17, 15) is 0 Å². The Morgan fingerprint density at radius 3 is 2.50 bits per heavy atom. The summed E-state index contributed by atoms with van der Waals surface area (Å²) >= 11 is 0. The van der Waals surface area contributed by atoms with Crippen molar-refractivity contribution >= 4 is 0 Å². The van der Waals surface area contributed by atoms with E-state index in [-0.39, 0.29) is 6.10 Å². The molecule has 0 spiro atoms. The lowest BCUT2D eigenvalue weighted by Gasteiger charge is -2.26. The number of aryl methyl sites for hydroxylation is 1. The summed E-state index contributed by atoms with van der Waals surface area (Å²) in [5.41, 5.74) is 2.68. The minimum Gasteiger partial charge on any atom is -0.369 e. The predicted molar refractivity (Wildman–Crippen MR) is 85.0 cm³/mol. The number of nitrogens with one attached hydrogen (secondary N) is 1. The Bertz CT molecular complexity index is 383. The SMILES string of the molecule is CCNCC(OC1CCCCCC1)c1ccccc1C. The van der Waals surface area contributed by atoms with E-state index in [0.717, 1.165) is 13.1 Å². The lowest BCUT2D eigenvalue weighted by atomic mass is 10.0. The molecule has 112 valence electrons. The van der Waals surface area contributed by atoms with Gasteiger partial charge in [-0.3, -0.25) is 0 Å². The van der Waals surface area contributed by atoms with Gasteiger partial charge in [0.15, 0.2) is 0 Å². The van der Waals surface area contributed by atoms with Crippen LogP contribution >= 0.6 is 0 Å². The van der Waals surface area contributed by atoms with Crippen molar-refractivity contribution in [2.24, 2.45) is 0 Å². The standard InChI is InChI=1S/C18H29NO/c1-3-19-14-18(17-13-9-8-10-15(17)2)20-16-11-6-4-5-7-12-16/h8-10,13,16,18-19H,3-7,11-12,14H2,1-2H3. The summed E-state index contributed by atoms with van der Waals surface area (Å²) < 4.78 is 6.48. The van der Waals surface area contributed by atoms with E-state index in [4.69, 9.17) is 4.74 Å². The van der Waals surface area contributed by atoms with Crippen molar-refractivity contribution in [3.63, 3.8) is 0 Å². The third kappa shape index (κ3) is 4.60. The van der Waals surface area contributed by atoms with E-state index in [1.165, 1.54) is 49.7 Å². The van der Waals surface area contributed by atoms with Gasteiger partial charge in [0.2, 0.25) is 0 Å². The van der Waals surface area contributed by atoms with Crippen LogP contribution in [0.25, 0.3) is 0 Å². The van der Waals surface area contributed by atoms with Crippen molar-refractivity contribution in [3.05, 3.63) is 35.4 Å². The van der Waals surface area contributed by atoms with Crippen LogP contribution in [0.5, 0.6) is 0 Å². The van der Waals surface area contributed by atoms with Crippen molar-refractivity contribution in [1.82, 2.24) is 5.32 Å². The van der Waals surface area contributed by atoms with E-state index in [0.29, 0.717) is 6.10 Å². The van der Waals surface area contributed by atoms with Gasteiger partial charge in [-0.2, -0.15) is 0 Å². The normalized spacial score (nSPS) is 18.7. The first-order valence-electron chi connectivity index (χ1n) is 8.23. The molecule has 1 unspecified atom stereocenters. The van der Waals surface area contributed by atoms with Crippen molar-refractivity contribution in [1.29, 1.82) is 0 Å². The van der Waals surface area contributed by atoms with Crippen LogP contribution in [0.3, 0.4) is 0 Å². The summed E-state index contributed by atoms with van der Waals surface area (Å²) in [6, 6.07) is 8.63. The molecule has 0 aromatic heterocycles. The number of likely N-dealkylation sites (N-methyl/N-ethyl adjacent to an activating group) is 1. The van der Waals surface area contributed by atoms with Crippen molar-refractivity contribution in [2.75, 3.05) is 13.1 Å². The topological polar surface area (TPSA) is 21.3 Å². The highest BCUT2D eigenvalue weighted by Gasteiger charge is 2.20. The van der Waals surface area contributed by atoms with Gasteiger partial charge in [0, 0.05) is 6.54 Å². The summed E-state index contributed by atoms with van der Waals surface area (Å²) in [6.45, 7) is 6.25. The van der Waals surface area contributed by atoms with E-state index in [1.54, 1.807) is 0 Å². The number of hydrogen-bond donors (Lipinski definition) is 1. The van der Waals surface area contributed by atoms with Crippen LogP contribution in [0, 0.1) is 6.92 Å². The molecule has 0 amide bonds. The second kappa shape index (κ2) is 8.43. The highest BCUT2D eigenvalue weighted by molar-refractivity contribution is 5.28. The summed E-state index contributed by atoms with van der Waals surface area (Å²) in [5.74, 6) is 0. The molecular weight excluding hydrogens is 246 g/mol. The molecule has 1 aromatic rings. The number of ether oxygens (including phenoxy) is 1. The third-order valence-corrected chi connectivity index (χ3v) is 4.27. The predicted octanol–water partition coefficient (Wildman–Crippen LogP) is 4.39. The summed E-state index contributed by atoms with van der Waals surface area (Å²) in [7, 11) is 0. The lowest BCUT2D eigenvalue weighted by Crippen LogP contribution is -2.27. The molecule has 0 bridgehead atoms. The Morgan fingerprint density at radius 1 is 1.15 bits per heavy atom. The smallest absolute Gasteiger partial charge is 0.0955 e. The van der Waals surface area contributed by atoms with Crippen LogP contribution in [0.2, 0.25) is 0 Å². The van der Waals surface area contributed by atoms with Gasteiger partial charge in [-0.1, -0.05) is 56.9 Å². The van der Waals surface area contributed by atoms with Crippen LogP contribution in [0.4, 0.5) is 0 Å². The zero-order valence-corrected chi connectivity index (χ0v) is 13.0. The minimum atomic E-state index is 0.194. The minimum absolute atomic E-state index is 0.194. The van der Waals surface area contributed by atoms with Crippen molar-refractivity contribution in [2.45, 2.75) is 64.6 Å². The summed E-state index contributed by atoms with van der Waals surface area (Å²) in [4.78, 5) is 0. The fourth-order valence-corrected chi connectivity index (χ4v) is 3.07. The molecule has 0 radical (unpaired) electrons. The van der Waals surface area contributed by atoms with Crippen LogP contribution in [0.15, 0.2) is 24.3 Å². The largest absolute Gasteiger partial charge is 0.369 e. The highest BCUT2D eigenvalue weighted by atomic mass is 16.5. The summed E-state index contributed by atoms with van der Waals surface area (Å²) in [5, 5.41) is 3.45. The number of rotatable bonds is 6. The Labute approximate surface area is 123 Å². The molecule has 2 heteroatoms. The van der Waals surface area contributed by atoms with Gasteiger partial charge in [-0.25, -0.2) is 0 Å². The van der Waals surface area contributed by atoms with Crippen molar-refractivity contribution in [3.8, 4) is 0 Å². The number of hydrogen-bond acceptors (Lipinski definition) is 2. The van der Waals surface area contributed by atoms with Crippen LogP contribution < -0.4 is 5.32 Å². The van der Waals surface area contributed by atoms with Crippen LogP contribution in [0.1, 0.15) is 62.7 Å². The van der Waals surface area contributed by atoms with Crippen LogP contribution in [-0.4, -0.2) is 19.2 Å². The molecule has 0 heterocycles. The maximum Gasteiger partial charge on any atom is 0.0955 e. The van der Waals surface area contributed by atoms with E-state index < -0.39 is 0 Å². The zero-order chi connectivity index (χ0) is 14.2.